The van der Waals surface area contributed by atoms with Crippen molar-refractivity contribution in [2.75, 3.05) is 19.6 Å². The molecule has 1 aromatic heterocycles. The van der Waals surface area contributed by atoms with Gasteiger partial charge in [0.1, 0.15) is 6.04 Å². The molecule has 6 heteroatoms. The minimum atomic E-state index is -0.770. The van der Waals surface area contributed by atoms with Gasteiger partial charge in [-0.25, -0.2) is 0 Å². The van der Waals surface area contributed by atoms with E-state index in [9.17, 15) is 9.59 Å². The Morgan fingerprint density at radius 2 is 1.55 bits per heavy atom. The van der Waals surface area contributed by atoms with Crippen molar-refractivity contribution in [3.8, 4) is 0 Å². The second-order valence-electron chi connectivity index (χ2n) is 7.22. The Hall–Kier alpha value is -2.96. The van der Waals surface area contributed by atoms with Crippen LogP contribution in [0.1, 0.15) is 47.4 Å². The fourth-order valence-electron chi connectivity index (χ4n) is 3.64. The first-order valence-corrected chi connectivity index (χ1v) is 11.5. The summed E-state index contributed by atoms with van der Waals surface area (Å²) in [5.74, 6) is -0.495. The number of nitrogens with zero attached hydrogens (tertiary/aromatic N) is 1. The van der Waals surface area contributed by atoms with Crippen molar-refractivity contribution in [2.45, 2.75) is 25.9 Å². The third kappa shape index (κ3) is 6.03. The highest BCUT2D eigenvalue weighted by Gasteiger charge is 2.25. The second-order valence-corrected chi connectivity index (χ2v) is 8.00. The molecule has 3 rings (SSSR count). The molecular weight excluding hydrogens is 406 g/mol. The monoisotopic (exact) mass is 435 g/mol. The molecule has 0 spiro atoms. The maximum atomic E-state index is 13.2. The highest BCUT2D eigenvalue weighted by molar-refractivity contribution is 7.08. The summed E-state index contributed by atoms with van der Waals surface area (Å²) in [5.41, 5.74) is 2.47. The van der Waals surface area contributed by atoms with Crippen LogP contribution in [0.2, 0.25) is 0 Å². The molecule has 3 aromatic rings. The van der Waals surface area contributed by atoms with Gasteiger partial charge in [0.05, 0.1) is 6.04 Å². The molecule has 1 heterocycles. The number of hydrogen-bond acceptors (Lipinski definition) is 4. The third-order valence-corrected chi connectivity index (χ3v) is 6.06. The van der Waals surface area contributed by atoms with Crippen molar-refractivity contribution in [2.24, 2.45) is 0 Å². The summed E-state index contributed by atoms with van der Waals surface area (Å²) in [5, 5.41) is 10.2. The topological polar surface area (TPSA) is 61.4 Å². The van der Waals surface area contributed by atoms with Crippen LogP contribution in [0.25, 0.3) is 0 Å². The number of amides is 2. The molecule has 0 aliphatic rings. The smallest absolute Gasteiger partial charge is 0.252 e. The fourth-order valence-corrected chi connectivity index (χ4v) is 4.34. The zero-order valence-electron chi connectivity index (χ0n) is 18.0. The average molecular weight is 436 g/mol. The Bertz CT molecular complexity index is 941. The van der Waals surface area contributed by atoms with Gasteiger partial charge in [0.25, 0.3) is 5.91 Å². The SMILES string of the molecule is CCN(CC)C(CNC(=O)C(NC(=O)c1ccccc1)c1ccccc1)c1ccsc1. The lowest BCUT2D eigenvalue weighted by molar-refractivity contribution is -0.123. The van der Waals surface area contributed by atoms with E-state index in [1.54, 1.807) is 23.5 Å². The molecule has 0 saturated carbocycles. The van der Waals surface area contributed by atoms with Crippen molar-refractivity contribution < 1.29 is 9.59 Å². The van der Waals surface area contributed by atoms with Crippen LogP contribution in [-0.2, 0) is 4.79 Å². The number of carbonyl (C=O) groups excluding carboxylic acids is 2. The molecule has 0 bridgehead atoms. The Balaban J connectivity index is 1.77. The summed E-state index contributed by atoms with van der Waals surface area (Å²) < 4.78 is 0. The summed E-state index contributed by atoms with van der Waals surface area (Å²) in [4.78, 5) is 28.3. The van der Waals surface area contributed by atoms with Gasteiger partial charge in [-0.05, 0) is 53.2 Å². The van der Waals surface area contributed by atoms with Crippen LogP contribution in [0.15, 0.2) is 77.5 Å². The molecule has 2 unspecified atom stereocenters. The molecular formula is C25H29N3O2S. The van der Waals surface area contributed by atoms with Crippen LogP contribution in [0.5, 0.6) is 0 Å². The Morgan fingerprint density at radius 1 is 0.903 bits per heavy atom. The maximum absolute atomic E-state index is 13.2. The van der Waals surface area contributed by atoms with Gasteiger partial charge in [-0.15, -0.1) is 0 Å². The molecule has 31 heavy (non-hydrogen) atoms. The van der Waals surface area contributed by atoms with Gasteiger partial charge in [-0.1, -0.05) is 62.4 Å². The second kappa shape index (κ2) is 11.4. The first-order chi connectivity index (χ1) is 15.1. The van der Waals surface area contributed by atoms with E-state index in [1.165, 1.54) is 5.56 Å². The molecule has 162 valence electrons. The van der Waals surface area contributed by atoms with Gasteiger partial charge in [-0.3, -0.25) is 14.5 Å². The standard InChI is InChI=1S/C25H29N3O2S/c1-3-28(4-2)22(21-15-16-31-18-21)17-26-25(30)23(19-11-7-5-8-12-19)27-24(29)20-13-9-6-10-14-20/h5-16,18,22-23H,3-4,17H2,1-2H3,(H,26,30)(H,27,29). The molecule has 0 fully saturated rings. The van der Waals surface area contributed by atoms with E-state index < -0.39 is 6.04 Å². The predicted octanol–water partition coefficient (Wildman–Crippen LogP) is 4.42. The summed E-state index contributed by atoms with van der Waals surface area (Å²) in [6, 6.07) is 19.7. The van der Waals surface area contributed by atoms with Gasteiger partial charge < -0.3 is 10.6 Å². The number of hydrogen-bond donors (Lipinski definition) is 2. The van der Waals surface area contributed by atoms with E-state index in [4.69, 9.17) is 0 Å². The van der Waals surface area contributed by atoms with Crippen LogP contribution < -0.4 is 10.6 Å². The Morgan fingerprint density at radius 3 is 2.13 bits per heavy atom. The number of carbonyl (C=O) groups is 2. The van der Waals surface area contributed by atoms with Crippen LogP contribution >= 0.6 is 11.3 Å². The summed E-state index contributed by atoms with van der Waals surface area (Å²) >= 11 is 1.65. The van der Waals surface area contributed by atoms with Gasteiger partial charge in [0.2, 0.25) is 5.91 Å². The van der Waals surface area contributed by atoms with Crippen LogP contribution in [0.3, 0.4) is 0 Å². The minimum absolute atomic E-state index is 0.0893. The van der Waals surface area contributed by atoms with E-state index >= 15 is 0 Å². The Labute approximate surface area is 188 Å². The lowest BCUT2D eigenvalue weighted by Gasteiger charge is -2.30. The van der Waals surface area contributed by atoms with Crippen molar-refractivity contribution in [3.63, 3.8) is 0 Å². The number of likely N-dealkylation sites (N-methyl/N-ethyl adjacent to an activating group) is 1. The van der Waals surface area contributed by atoms with Crippen molar-refractivity contribution in [3.05, 3.63) is 94.2 Å². The van der Waals surface area contributed by atoms with E-state index in [0.29, 0.717) is 12.1 Å². The maximum Gasteiger partial charge on any atom is 0.252 e. The quantitative estimate of drug-likeness (QED) is 0.496. The zero-order chi connectivity index (χ0) is 22.1. The largest absolute Gasteiger partial charge is 0.352 e. The van der Waals surface area contributed by atoms with Gasteiger partial charge in [0.15, 0.2) is 0 Å². The molecule has 0 aliphatic heterocycles. The fraction of sp³-hybridized carbons (Fsp3) is 0.280. The number of thiophene rings is 1. The first-order valence-electron chi connectivity index (χ1n) is 10.6. The normalized spacial score (nSPS) is 12.9. The van der Waals surface area contributed by atoms with Crippen molar-refractivity contribution in [1.82, 2.24) is 15.5 Å². The van der Waals surface area contributed by atoms with Crippen LogP contribution in [0, 0.1) is 0 Å². The molecule has 2 amide bonds. The zero-order valence-corrected chi connectivity index (χ0v) is 18.8. The Kier molecular flexibility index (Phi) is 8.38. The van der Waals surface area contributed by atoms with Gasteiger partial charge in [-0.2, -0.15) is 11.3 Å². The van der Waals surface area contributed by atoms with Crippen molar-refractivity contribution in [1.29, 1.82) is 0 Å². The molecule has 2 atom stereocenters. The molecule has 5 nitrogen and oxygen atoms in total. The van der Waals surface area contributed by atoms with Gasteiger partial charge >= 0.3 is 0 Å². The summed E-state index contributed by atoms with van der Waals surface area (Å²) in [6.45, 7) is 6.50. The first kappa shape index (κ1) is 22.7. The van der Waals surface area contributed by atoms with Crippen LogP contribution in [0.4, 0.5) is 0 Å². The van der Waals surface area contributed by atoms with E-state index in [1.807, 2.05) is 48.5 Å². The lowest BCUT2D eigenvalue weighted by atomic mass is 10.0. The molecule has 0 radical (unpaired) electrons. The number of benzene rings is 2. The number of nitrogens with one attached hydrogen (secondary N) is 2. The average Bonchev–Trinajstić information content (AvgIpc) is 3.35. The van der Waals surface area contributed by atoms with E-state index in [0.717, 1.165) is 18.7 Å². The highest BCUT2D eigenvalue weighted by atomic mass is 32.1. The van der Waals surface area contributed by atoms with Gasteiger partial charge in [0, 0.05) is 12.1 Å². The number of rotatable bonds is 10. The molecule has 2 N–H and O–H groups in total. The lowest BCUT2D eigenvalue weighted by Crippen LogP contribution is -2.44. The molecule has 0 aliphatic carbocycles. The van der Waals surface area contributed by atoms with E-state index in [-0.39, 0.29) is 17.9 Å². The summed E-state index contributed by atoms with van der Waals surface area (Å²) in [6.07, 6.45) is 0. The summed E-state index contributed by atoms with van der Waals surface area (Å²) in [7, 11) is 0. The van der Waals surface area contributed by atoms with Crippen LogP contribution in [-0.4, -0.2) is 36.3 Å². The van der Waals surface area contributed by atoms with Crippen molar-refractivity contribution >= 4 is 23.2 Å². The third-order valence-electron chi connectivity index (χ3n) is 5.36. The molecule has 0 saturated heterocycles. The predicted molar refractivity (Wildman–Crippen MR) is 126 cm³/mol. The highest BCUT2D eigenvalue weighted by Crippen LogP contribution is 2.23. The molecule has 2 aromatic carbocycles. The minimum Gasteiger partial charge on any atom is -0.352 e. The van der Waals surface area contributed by atoms with E-state index in [2.05, 4.69) is 46.2 Å².